The predicted molar refractivity (Wildman–Crippen MR) is 70.0 cm³/mol. The van der Waals surface area contributed by atoms with E-state index in [0.717, 1.165) is 0 Å². The van der Waals surface area contributed by atoms with Gasteiger partial charge in [-0.2, -0.15) is 0 Å². The van der Waals surface area contributed by atoms with E-state index in [-0.39, 0.29) is 24.9 Å². The average Bonchev–Trinajstić information content (AvgIpc) is 2.99. The summed E-state index contributed by atoms with van der Waals surface area (Å²) < 4.78 is 9.98. The third kappa shape index (κ3) is 3.27. The Morgan fingerprint density at radius 1 is 1.53 bits per heavy atom. The van der Waals surface area contributed by atoms with E-state index < -0.39 is 11.5 Å². The third-order valence-electron chi connectivity index (χ3n) is 3.04. The molecule has 1 aliphatic carbocycles. The van der Waals surface area contributed by atoms with Crippen molar-refractivity contribution in [3.63, 3.8) is 0 Å². The quantitative estimate of drug-likeness (QED) is 0.803. The Hall–Kier alpha value is -1.53. The minimum Gasteiger partial charge on any atom is -0.465 e. The Balaban J connectivity index is 0.00000180. The minimum absolute atomic E-state index is 0. The summed E-state index contributed by atoms with van der Waals surface area (Å²) in [5, 5.41) is 2.69. The summed E-state index contributed by atoms with van der Waals surface area (Å²) in [6, 6.07) is 1.57. The molecule has 0 bridgehead atoms. The van der Waals surface area contributed by atoms with Crippen LogP contribution in [0.3, 0.4) is 0 Å². The predicted octanol–water partition coefficient (Wildman–Crippen LogP) is 0.904. The van der Waals surface area contributed by atoms with E-state index >= 15 is 0 Å². The lowest BCUT2D eigenvalue weighted by Gasteiger charge is -2.08. The summed E-state index contributed by atoms with van der Waals surface area (Å²) in [5.41, 5.74) is 5.41. The maximum atomic E-state index is 11.6. The highest BCUT2D eigenvalue weighted by Crippen LogP contribution is 2.32. The number of hydrogen-bond donors (Lipinski definition) is 2. The van der Waals surface area contributed by atoms with Crippen molar-refractivity contribution in [2.75, 3.05) is 7.11 Å². The van der Waals surface area contributed by atoms with Crippen molar-refractivity contribution in [1.82, 2.24) is 5.32 Å². The zero-order valence-corrected chi connectivity index (χ0v) is 11.6. The lowest BCUT2D eigenvalue weighted by molar-refractivity contribution is -0.123. The van der Waals surface area contributed by atoms with Crippen molar-refractivity contribution in [3.05, 3.63) is 23.2 Å². The van der Waals surface area contributed by atoms with Gasteiger partial charge in [0.25, 0.3) is 0 Å². The minimum atomic E-state index is -0.702. The van der Waals surface area contributed by atoms with Crippen LogP contribution in [0.4, 0.5) is 0 Å². The third-order valence-corrected chi connectivity index (χ3v) is 3.04. The number of rotatable bonds is 4. The van der Waals surface area contributed by atoms with Crippen LogP contribution >= 0.6 is 12.4 Å². The Morgan fingerprint density at radius 2 is 2.16 bits per heavy atom. The van der Waals surface area contributed by atoms with E-state index in [9.17, 15) is 9.59 Å². The number of carbonyl (C=O) groups is 2. The number of carbonyl (C=O) groups excluding carboxylic acids is 2. The summed E-state index contributed by atoms with van der Waals surface area (Å²) in [5.74, 6) is 0.341. The molecule has 1 saturated carbocycles. The molecule has 1 aliphatic rings. The Kier molecular flexibility index (Phi) is 4.60. The molecule has 0 aromatic carbocycles. The van der Waals surface area contributed by atoms with E-state index in [1.54, 1.807) is 13.0 Å². The van der Waals surface area contributed by atoms with Crippen molar-refractivity contribution in [2.45, 2.75) is 31.8 Å². The van der Waals surface area contributed by atoms with Gasteiger partial charge in [-0.05, 0) is 25.8 Å². The zero-order chi connectivity index (χ0) is 13.3. The fourth-order valence-corrected chi connectivity index (χ4v) is 1.65. The number of methoxy groups -OCH3 is 1. The largest absolute Gasteiger partial charge is 0.465 e. The molecule has 0 atom stereocenters. The zero-order valence-electron chi connectivity index (χ0n) is 10.8. The van der Waals surface area contributed by atoms with Crippen LogP contribution in [0.25, 0.3) is 0 Å². The first-order chi connectivity index (χ1) is 8.46. The topological polar surface area (TPSA) is 94.6 Å². The molecular formula is C12H17ClN2O4. The molecular weight excluding hydrogens is 272 g/mol. The monoisotopic (exact) mass is 288 g/mol. The van der Waals surface area contributed by atoms with Crippen molar-refractivity contribution < 1.29 is 18.7 Å². The number of amides is 1. The van der Waals surface area contributed by atoms with Crippen molar-refractivity contribution >= 4 is 24.3 Å². The van der Waals surface area contributed by atoms with E-state index in [0.29, 0.717) is 29.9 Å². The van der Waals surface area contributed by atoms with Gasteiger partial charge >= 0.3 is 5.97 Å². The first kappa shape index (κ1) is 15.5. The van der Waals surface area contributed by atoms with Crippen LogP contribution < -0.4 is 11.1 Å². The average molecular weight is 289 g/mol. The molecule has 0 spiro atoms. The molecule has 0 aliphatic heterocycles. The number of furan rings is 1. The van der Waals surface area contributed by atoms with Crippen LogP contribution in [0.2, 0.25) is 0 Å². The number of esters is 1. The number of nitrogens with two attached hydrogens (primary N) is 1. The highest BCUT2D eigenvalue weighted by atomic mass is 35.5. The molecule has 3 N–H and O–H groups in total. The van der Waals surface area contributed by atoms with Crippen molar-refractivity contribution in [1.29, 1.82) is 0 Å². The molecule has 2 rings (SSSR count). The van der Waals surface area contributed by atoms with Gasteiger partial charge in [0.15, 0.2) is 0 Å². The Morgan fingerprint density at radius 3 is 2.68 bits per heavy atom. The Bertz CT molecular complexity index is 494. The van der Waals surface area contributed by atoms with Crippen LogP contribution in [-0.4, -0.2) is 24.5 Å². The normalized spacial score (nSPS) is 15.3. The van der Waals surface area contributed by atoms with Gasteiger partial charge in [-0.15, -0.1) is 12.4 Å². The smallest absolute Gasteiger partial charge is 0.341 e. The molecule has 1 aromatic heterocycles. The van der Waals surface area contributed by atoms with Crippen LogP contribution in [0, 0.1) is 6.92 Å². The standard InChI is InChI=1S/C12H16N2O4.ClH/c1-7-9(10(15)17-2)5-8(18-7)6-14-11(16)12(13)3-4-12;/h5H,3-4,6,13H2,1-2H3,(H,14,16);1H. The molecule has 1 fully saturated rings. The highest BCUT2D eigenvalue weighted by Gasteiger charge is 2.45. The summed E-state index contributed by atoms with van der Waals surface area (Å²) in [6.45, 7) is 1.89. The lowest BCUT2D eigenvalue weighted by Crippen LogP contribution is -2.42. The first-order valence-electron chi connectivity index (χ1n) is 5.71. The highest BCUT2D eigenvalue weighted by molar-refractivity contribution is 5.91. The summed E-state index contributed by atoms with van der Waals surface area (Å²) in [4.78, 5) is 23.0. The van der Waals surface area contributed by atoms with Gasteiger partial charge in [0, 0.05) is 0 Å². The SMILES string of the molecule is COC(=O)c1cc(CNC(=O)C2(N)CC2)oc1C.Cl. The second-order valence-electron chi connectivity index (χ2n) is 4.51. The number of halogens is 1. The van der Waals surface area contributed by atoms with Gasteiger partial charge in [-0.1, -0.05) is 0 Å². The maximum Gasteiger partial charge on any atom is 0.341 e. The fraction of sp³-hybridized carbons (Fsp3) is 0.500. The lowest BCUT2D eigenvalue weighted by atomic mass is 10.2. The number of ether oxygens (including phenoxy) is 1. The van der Waals surface area contributed by atoms with Crippen LogP contribution in [0.15, 0.2) is 10.5 Å². The molecule has 7 heteroatoms. The number of nitrogens with one attached hydrogen (secondary N) is 1. The second-order valence-corrected chi connectivity index (χ2v) is 4.51. The van der Waals surface area contributed by atoms with Gasteiger partial charge in [-0.25, -0.2) is 4.79 Å². The molecule has 1 amide bonds. The molecule has 6 nitrogen and oxygen atoms in total. The molecule has 0 saturated heterocycles. The second kappa shape index (κ2) is 5.63. The van der Waals surface area contributed by atoms with E-state index in [1.807, 2.05) is 0 Å². The molecule has 1 heterocycles. The van der Waals surface area contributed by atoms with Gasteiger partial charge in [0.05, 0.1) is 19.2 Å². The summed E-state index contributed by atoms with van der Waals surface area (Å²) in [7, 11) is 1.31. The molecule has 19 heavy (non-hydrogen) atoms. The van der Waals surface area contributed by atoms with Gasteiger partial charge < -0.3 is 20.2 Å². The van der Waals surface area contributed by atoms with E-state index in [1.165, 1.54) is 7.11 Å². The van der Waals surface area contributed by atoms with Crippen LogP contribution in [-0.2, 0) is 16.1 Å². The molecule has 0 unspecified atom stereocenters. The number of hydrogen-bond acceptors (Lipinski definition) is 5. The molecule has 0 radical (unpaired) electrons. The number of aryl methyl sites for hydroxylation is 1. The van der Waals surface area contributed by atoms with Gasteiger partial charge in [0.2, 0.25) is 5.91 Å². The fourth-order valence-electron chi connectivity index (χ4n) is 1.65. The maximum absolute atomic E-state index is 11.6. The molecule has 1 aromatic rings. The van der Waals surface area contributed by atoms with Crippen molar-refractivity contribution in [2.24, 2.45) is 5.73 Å². The molecule has 106 valence electrons. The Labute approximate surface area is 117 Å². The summed E-state index contributed by atoms with van der Waals surface area (Å²) >= 11 is 0. The summed E-state index contributed by atoms with van der Waals surface area (Å²) in [6.07, 6.45) is 1.42. The van der Waals surface area contributed by atoms with E-state index in [2.05, 4.69) is 10.1 Å². The van der Waals surface area contributed by atoms with Gasteiger partial charge in [0.1, 0.15) is 17.1 Å². The van der Waals surface area contributed by atoms with Crippen LogP contribution in [0.5, 0.6) is 0 Å². The first-order valence-corrected chi connectivity index (χ1v) is 5.71. The van der Waals surface area contributed by atoms with Crippen LogP contribution in [0.1, 0.15) is 34.7 Å². The van der Waals surface area contributed by atoms with Crippen molar-refractivity contribution in [3.8, 4) is 0 Å². The van der Waals surface area contributed by atoms with Gasteiger partial charge in [-0.3, -0.25) is 4.79 Å². The van der Waals surface area contributed by atoms with E-state index in [4.69, 9.17) is 10.2 Å².